The summed E-state index contributed by atoms with van der Waals surface area (Å²) in [4.78, 5) is 0.147. The average molecular weight is 284 g/mol. The fourth-order valence-electron chi connectivity index (χ4n) is 1.93. The van der Waals surface area contributed by atoms with Crippen molar-refractivity contribution < 1.29 is 8.42 Å². The van der Waals surface area contributed by atoms with Crippen LogP contribution in [0.1, 0.15) is 13.8 Å². The molecular weight excluding hydrogens is 270 g/mol. The Kier molecular flexibility index (Phi) is 3.50. The molecule has 0 radical (unpaired) electrons. The van der Waals surface area contributed by atoms with Gasteiger partial charge in [0, 0.05) is 33.2 Å². The van der Waals surface area contributed by atoms with E-state index >= 15 is 0 Å². The summed E-state index contributed by atoms with van der Waals surface area (Å²) in [6, 6.07) is 10.9. The molecule has 0 aromatic heterocycles. The number of fused-ring (bicyclic) bond motifs is 1. The quantitative estimate of drug-likeness (QED) is 0.876. The van der Waals surface area contributed by atoms with E-state index in [-0.39, 0.29) is 10.9 Å². The molecule has 0 fully saturated rings. The molecule has 2 aromatic rings. The van der Waals surface area contributed by atoms with Gasteiger partial charge in [-0.15, -0.1) is 0 Å². The largest absolute Gasteiger partial charge is 0.382 e. The topological polar surface area (TPSA) is 46.2 Å². The molecule has 0 bridgehead atoms. The third-order valence-corrected chi connectivity index (χ3v) is 3.97. The van der Waals surface area contributed by atoms with Gasteiger partial charge in [-0.1, -0.05) is 24.3 Å². The SMILES string of the molecule is CC(C)Nc1cccc2c(S(=O)(=O)Cl)cccc12. The first-order valence-electron chi connectivity index (χ1n) is 5.62. The Hall–Kier alpha value is -1.26. The van der Waals surface area contributed by atoms with Crippen molar-refractivity contribution in [3.63, 3.8) is 0 Å². The standard InChI is InChI=1S/C13H14ClNO2S/c1-9(2)15-12-7-3-6-11-10(12)5-4-8-13(11)18(14,16)17/h3-9,15H,1-2H3. The van der Waals surface area contributed by atoms with Gasteiger partial charge in [-0.2, -0.15) is 0 Å². The van der Waals surface area contributed by atoms with Gasteiger partial charge in [0.2, 0.25) is 0 Å². The second kappa shape index (κ2) is 4.78. The van der Waals surface area contributed by atoms with Crippen LogP contribution in [0, 0.1) is 0 Å². The Morgan fingerprint density at radius 3 is 2.28 bits per heavy atom. The molecule has 0 aliphatic rings. The monoisotopic (exact) mass is 283 g/mol. The highest BCUT2D eigenvalue weighted by atomic mass is 35.7. The highest BCUT2D eigenvalue weighted by Crippen LogP contribution is 2.30. The predicted molar refractivity (Wildman–Crippen MR) is 75.7 cm³/mol. The van der Waals surface area contributed by atoms with E-state index in [1.807, 2.05) is 32.0 Å². The molecule has 96 valence electrons. The lowest BCUT2D eigenvalue weighted by molar-refractivity contribution is 0.610. The van der Waals surface area contributed by atoms with E-state index in [1.165, 1.54) is 6.07 Å². The zero-order valence-corrected chi connectivity index (χ0v) is 11.7. The molecule has 0 unspecified atom stereocenters. The van der Waals surface area contributed by atoms with Crippen LogP contribution in [0.15, 0.2) is 41.3 Å². The molecule has 3 nitrogen and oxygen atoms in total. The highest BCUT2D eigenvalue weighted by Gasteiger charge is 2.15. The summed E-state index contributed by atoms with van der Waals surface area (Å²) in [6.45, 7) is 4.06. The predicted octanol–water partition coefficient (Wildman–Crippen LogP) is 3.59. The summed E-state index contributed by atoms with van der Waals surface area (Å²) in [6.07, 6.45) is 0. The van der Waals surface area contributed by atoms with Crippen molar-refractivity contribution in [3.05, 3.63) is 36.4 Å². The molecule has 18 heavy (non-hydrogen) atoms. The number of anilines is 1. The Morgan fingerprint density at radius 2 is 1.67 bits per heavy atom. The summed E-state index contributed by atoms with van der Waals surface area (Å²) in [7, 11) is 1.72. The molecule has 5 heteroatoms. The Morgan fingerprint density at radius 1 is 1.06 bits per heavy atom. The minimum Gasteiger partial charge on any atom is -0.382 e. The zero-order valence-electron chi connectivity index (χ0n) is 10.1. The first-order valence-corrected chi connectivity index (χ1v) is 7.93. The summed E-state index contributed by atoms with van der Waals surface area (Å²) in [5.41, 5.74) is 0.907. The second-order valence-electron chi connectivity index (χ2n) is 4.39. The van der Waals surface area contributed by atoms with E-state index in [4.69, 9.17) is 10.7 Å². The molecule has 2 rings (SSSR count). The van der Waals surface area contributed by atoms with Crippen molar-refractivity contribution in [2.75, 3.05) is 5.32 Å². The first-order chi connectivity index (χ1) is 8.39. The van der Waals surface area contributed by atoms with E-state index in [1.54, 1.807) is 12.1 Å². The second-order valence-corrected chi connectivity index (χ2v) is 6.93. The molecule has 0 saturated heterocycles. The number of hydrogen-bond acceptors (Lipinski definition) is 3. The normalized spacial score (nSPS) is 12.0. The van der Waals surface area contributed by atoms with E-state index in [0.717, 1.165) is 11.1 Å². The Labute approximate surface area is 111 Å². The van der Waals surface area contributed by atoms with Gasteiger partial charge in [0.15, 0.2) is 0 Å². The number of nitrogens with one attached hydrogen (secondary N) is 1. The molecule has 0 spiro atoms. The fourth-order valence-corrected chi connectivity index (χ4v) is 3.02. The number of benzene rings is 2. The first kappa shape index (κ1) is 13.2. The van der Waals surface area contributed by atoms with Crippen LogP contribution in [0.3, 0.4) is 0 Å². The average Bonchev–Trinajstić information content (AvgIpc) is 2.26. The van der Waals surface area contributed by atoms with Gasteiger partial charge < -0.3 is 5.32 Å². The van der Waals surface area contributed by atoms with E-state index < -0.39 is 9.05 Å². The van der Waals surface area contributed by atoms with Crippen LogP contribution in [0.25, 0.3) is 10.8 Å². The molecule has 0 heterocycles. The lowest BCUT2D eigenvalue weighted by Crippen LogP contribution is -2.10. The van der Waals surface area contributed by atoms with Crippen LogP contribution in [-0.2, 0) is 9.05 Å². The maximum atomic E-state index is 11.5. The lowest BCUT2D eigenvalue weighted by atomic mass is 10.1. The van der Waals surface area contributed by atoms with Gasteiger partial charge in [0.1, 0.15) is 0 Å². The van der Waals surface area contributed by atoms with Crippen LogP contribution in [0.4, 0.5) is 5.69 Å². The van der Waals surface area contributed by atoms with Crippen LogP contribution in [0.5, 0.6) is 0 Å². The lowest BCUT2D eigenvalue weighted by Gasteiger charge is -2.13. The Balaban J connectivity index is 2.73. The molecule has 0 aliphatic heterocycles. The smallest absolute Gasteiger partial charge is 0.261 e. The summed E-state index contributed by atoms with van der Waals surface area (Å²) in [5.74, 6) is 0. The van der Waals surface area contributed by atoms with E-state index in [2.05, 4.69) is 5.32 Å². The number of hydrogen-bond donors (Lipinski definition) is 1. The van der Waals surface area contributed by atoms with Gasteiger partial charge in [0.05, 0.1) is 4.90 Å². The van der Waals surface area contributed by atoms with Gasteiger partial charge in [0.25, 0.3) is 9.05 Å². The minimum atomic E-state index is -3.73. The van der Waals surface area contributed by atoms with Gasteiger partial charge in [-0.3, -0.25) is 0 Å². The van der Waals surface area contributed by atoms with Crippen LogP contribution in [-0.4, -0.2) is 14.5 Å². The number of halogens is 1. The minimum absolute atomic E-state index is 0.147. The molecule has 0 saturated carbocycles. The van der Waals surface area contributed by atoms with Gasteiger partial charge in [-0.05, 0) is 26.0 Å². The maximum absolute atomic E-state index is 11.5. The van der Waals surface area contributed by atoms with Crippen LogP contribution in [0.2, 0.25) is 0 Å². The van der Waals surface area contributed by atoms with Crippen LogP contribution >= 0.6 is 10.7 Å². The maximum Gasteiger partial charge on any atom is 0.261 e. The number of rotatable bonds is 3. The molecule has 0 aliphatic carbocycles. The molecular formula is C13H14ClNO2S. The molecule has 0 amide bonds. The van der Waals surface area contributed by atoms with Crippen molar-refractivity contribution in [2.24, 2.45) is 0 Å². The fraction of sp³-hybridized carbons (Fsp3) is 0.231. The zero-order chi connectivity index (χ0) is 13.3. The molecule has 2 aromatic carbocycles. The van der Waals surface area contributed by atoms with Crippen LogP contribution < -0.4 is 5.32 Å². The highest BCUT2D eigenvalue weighted by molar-refractivity contribution is 8.14. The van der Waals surface area contributed by atoms with E-state index in [0.29, 0.717) is 5.39 Å². The van der Waals surface area contributed by atoms with Gasteiger partial charge >= 0.3 is 0 Å². The van der Waals surface area contributed by atoms with Crippen molar-refractivity contribution in [1.29, 1.82) is 0 Å². The van der Waals surface area contributed by atoms with E-state index in [9.17, 15) is 8.42 Å². The summed E-state index contributed by atoms with van der Waals surface area (Å²) < 4.78 is 23.1. The van der Waals surface area contributed by atoms with Crippen molar-refractivity contribution in [2.45, 2.75) is 24.8 Å². The van der Waals surface area contributed by atoms with Crippen molar-refractivity contribution in [1.82, 2.24) is 0 Å². The van der Waals surface area contributed by atoms with Crippen molar-refractivity contribution in [3.8, 4) is 0 Å². The summed E-state index contributed by atoms with van der Waals surface area (Å²) in [5, 5.41) is 4.78. The third-order valence-electron chi connectivity index (χ3n) is 2.59. The summed E-state index contributed by atoms with van der Waals surface area (Å²) >= 11 is 0. The molecule has 0 atom stereocenters. The van der Waals surface area contributed by atoms with Gasteiger partial charge in [-0.25, -0.2) is 8.42 Å². The molecule has 1 N–H and O–H groups in total. The van der Waals surface area contributed by atoms with Crippen molar-refractivity contribution >= 4 is 36.2 Å². The Bertz CT molecular complexity index is 680. The third kappa shape index (κ3) is 2.60.